The van der Waals surface area contributed by atoms with Crippen LogP contribution >= 0.6 is 0 Å². The van der Waals surface area contributed by atoms with E-state index < -0.39 is 27.5 Å². The molecule has 2 heterocycles. The lowest BCUT2D eigenvalue weighted by Gasteiger charge is -2.37. The summed E-state index contributed by atoms with van der Waals surface area (Å²) in [6.07, 6.45) is 0.431. The van der Waals surface area contributed by atoms with Crippen molar-refractivity contribution in [2.45, 2.75) is 23.1 Å². The largest absolute Gasteiger partial charge is 0.461 e. The summed E-state index contributed by atoms with van der Waals surface area (Å²) < 4.78 is 33.4. The summed E-state index contributed by atoms with van der Waals surface area (Å²) >= 11 is 0. The zero-order valence-electron chi connectivity index (χ0n) is 18.1. The van der Waals surface area contributed by atoms with Gasteiger partial charge in [-0.3, -0.25) is 4.79 Å². The molecule has 172 valence electrons. The number of benzene rings is 3. The first-order chi connectivity index (χ1) is 16.4. The van der Waals surface area contributed by atoms with Crippen LogP contribution in [0.5, 0.6) is 5.88 Å². The van der Waals surface area contributed by atoms with Gasteiger partial charge in [0, 0.05) is 0 Å². The number of hydrogen-bond donors (Lipinski definition) is 3. The van der Waals surface area contributed by atoms with Gasteiger partial charge in [0.1, 0.15) is 20.3 Å². The molecular formula is C25H23N5O3S. The highest BCUT2D eigenvalue weighted by Crippen LogP contribution is 2.40. The van der Waals surface area contributed by atoms with E-state index in [1.54, 1.807) is 0 Å². The molecule has 1 aliphatic rings. The van der Waals surface area contributed by atoms with E-state index in [4.69, 9.17) is 15.3 Å². The van der Waals surface area contributed by atoms with Crippen LogP contribution in [-0.2, 0) is 26.8 Å². The molecule has 1 aromatic heterocycles. The van der Waals surface area contributed by atoms with Crippen LogP contribution in [0.2, 0.25) is 0 Å². The molecule has 9 heteroatoms. The zero-order valence-corrected chi connectivity index (χ0v) is 18.9. The number of nitrogens with zero attached hydrogens (tertiary/aromatic N) is 2. The number of carbonyl (C=O) groups excluding carboxylic acids is 1. The van der Waals surface area contributed by atoms with Crippen LogP contribution in [0.15, 0.2) is 102 Å². The van der Waals surface area contributed by atoms with E-state index >= 15 is 0 Å². The Kier molecular flexibility index (Phi) is 5.43. The molecule has 0 bridgehead atoms. The highest BCUT2D eigenvalue weighted by molar-refractivity contribution is 7.90. The van der Waals surface area contributed by atoms with Gasteiger partial charge in [-0.2, -0.15) is 5.10 Å². The molecule has 2 atom stereocenters. The molecule has 0 saturated heterocycles. The predicted molar refractivity (Wildman–Crippen MR) is 127 cm³/mol. The Labute approximate surface area is 197 Å². The SMILES string of the molecule is N=S(=O)(NC(c1ccccc1)(c1ccccc1)c1ccccc1)c1cnn2c1OC(C(N)=O)C2. The van der Waals surface area contributed by atoms with Gasteiger partial charge in [0.25, 0.3) is 5.91 Å². The standard InChI is InChI=1S/C25H23N5O3S/c26-23(31)21-17-30-24(33-21)22(16-28-30)34(27,32)29-25(18-10-4-1-5-11-18,19-12-6-2-7-13-19)20-14-8-3-9-15-20/h1-16,21H,17H2,(H2,26,31)(H2,27,29,32). The third-order valence-corrected chi connectivity index (χ3v) is 7.39. The molecular weight excluding hydrogens is 450 g/mol. The molecule has 0 fully saturated rings. The van der Waals surface area contributed by atoms with E-state index in [-0.39, 0.29) is 17.3 Å². The Morgan fingerprint density at radius 3 is 1.88 bits per heavy atom. The van der Waals surface area contributed by atoms with Crippen molar-refractivity contribution in [3.63, 3.8) is 0 Å². The fourth-order valence-electron chi connectivity index (χ4n) is 4.29. The second kappa shape index (κ2) is 8.44. The smallest absolute Gasteiger partial charge is 0.260 e. The van der Waals surface area contributed by atoms with Crippen molar-refractivity contribution >= 4 is 15.8 Å². The number of nitrogens with one attached hydrogen (secondary N) is 2. The summed E-state index contributed by atoms with van der Waals surface area (Å²) in [6, 6.07) is 28.8. The number of carbonyl (C=O) groups is 1. The molecule has 5 rings (SSSR count). The maximum absolute atomic E-state index is 14.1. The van der Waals surface area contributed by atoms with E-state index in [1.807, 2.05) is 91.0 Å². The second-order valence-corrected chi connectivity index (χ2v) is 9.77. The van der Waals surface area contributed by atoms with Crippen molar-refractivity contribution in [1.29, 1.82) is 4.78 Å². The molecule has 4 aromatic rings. The maximum Gasteiger partial charge on any atom is 0.260 e. The summed E-state index contributed by atoms with van der Waals surface area (Å²) in [6.45, 7) is 0.112. The minimum Gasteiger partial charge on any atom is -0.461 e. The average Bonchev–Trinajstić information content (AvgIpc) is 3.46. The highest BCUT2D eigenvalue weighted by Gasteiger charge is 2.42. The molecule has 8 nitrogen and oxygen atoms in total. The molecule has 3 aromatic carbocycles. The molecule has 0 saturated carbocycles. The number of primary amides is 1. The van der Waals surface area contributed by atoms with Gasteiger partial charge in [0.05, 0.1) is 12.7 Å². The fourth-order valence-corrected chi connectivity index (χ4v) is 5.78. The van der Waals surface area contributed by atoms with E-state index in [1.165, 1.54) is 10.9 Å². The lowest BCUT2D eigenvalue weighted by atomic mass is 9.78. The molecule has 4 N–H and O–H groups in total. The topological polar surface area (TPSA) is 123 Å². The zero-order chi connectivity index (χ0) is 23.8. The molecule has 0 radical (unpaired) electrons. The van der Waals surface area contributed by atoms with Crippen LogP contribution in [0.1, 0.15) is 16.7 Å². The monoisotopic (exact) mass is 473 g/mol. The number of rotatable bonds is 7. The van der Waals surface area contributed by atoms with E-state index in [2.05, 4.69) is 9.82 Å². The number of nitrogens with two attached hydrogens (primary N) is 1. The van der Waals surface area contributed by atoms with Crippen molar-refractivity contribution in [1.82, 2.24) is 14.5 Å². The van der Waals surface area contributed by atoms with Gasteiger partial charge in [-0.1, -0.05) is 91.0 Å². The van der Waals surface area contributed by atoms with Crippen molar-refractivity contribution < 1.29 is 13.7 Å². The second-order valence-electron chi connectivity index (χ2n) is 8.01. The lowest BCUT2D eigenvalue weighted by molar-refractivity contribution is -0.124. The van der Waals surface area contributed by atoms with Gasteiger partial charge in [0.15, 0.2) is 6.10 Å². The third kappa shape index (κ3) is 3.64. The average molecular weight is 474 g/mol. The summed E-state index contributed by atoms with van der Waals surface area (Å²) in [4.78, 5) is 11.7. The third-order valence-electron chi connectivity index (χ3n) is 5.90. The van der Waals surface area contributed by atoms with Crippen LogP contribution in [0.3, 0.4) is 0 Å². The van der Waals surface area contributed by atoms with Crippen LogP contribution in [-0.4, -0.2) is 26.0 Å². The number of aromatic nitrogens is 2. The summed E-state index contributed by atoms with van der Waals surface area (Å²) in [5.74, 6) is -0.535. The Bertz CT molecular complexity index is 1320. The lowest BCUT2D eigenvalue weighted by Crippen LogP contribution is -2.47. The first-order valence-corrected chi connectivity index (χ1v) is 12.2. The number of amides is 1. The minimum atomic E-state index is -3.70. The van der Waals surface area contributed by atoms with Crippen LogP contribution in [0, 0.1) is 4.78 Å². The van der Waals surface area contributed by atoms with Gasteiger partial charge < -0.3 is 10.5 Å². The molecule has 2 unspecified atom stereocenters. The van der Waals surface area contributed by atoms with Crippen molar-refractivity contribution in [2.24, 2.45) is 5.73 Å². The molecule has 34 heavy (non-hydrogen) atoms. The number of hydrogen-bond acceptors (Lipinski definition) is 5. The van der Waals surface area contributed by atoms with Crippen LogP contribution in [0.25, 0.3) is 0 Å². The first-order valence-electron chi connectivity index (χ1n) is 10.7. The predicted octanol–water partition coefficient (Wildman–Crippen LogP) is 3.03. The molecule has 1 amide bonds. The fraction of sp³-hybridized carbons (Fsp3) is 0.120. The van der Waals surface area contributed by atoms with Gasteiger partial charge in [-0.05, 0) is 16.7 Å². The Hall–Kier alpha value is -3.95. The number of fused-ring (bicyclic) bond motifs is 1. The van der Waals surface area contributed by atoms with Crippen molar-refractivity contribution in [3.8, 4) is 5.88 Å². The summed E-state index contributed by atoms with van der Waals surface area (Å²) in [5.41, 5.74) is 6.70. The highest BCUT2D eigenvalue weighted by atomic mass is 32.2. The molecule has 0 aliphatic carbocycles. The Morgan fingerprint density at radius 2 is 1.44 bits per heavy atom. The maximum atomic E-state index is 14.1. The van der Waals surface area contributed by atoms with E-state index in [0.717, 1.165) is 16.7 Å². The number of ether oxygens (including phenoxy) is 1. The Morgan fingerprint density at radius 1 is 0.971 bits per heavy atom. The minimum absolute atomic E-state index is 0.0587. The Balaban J connectivity index is 1.70. The van der Waals surface area contributed by atoms with Crippen molar-refractivity contribution in [3.05, 3.63) is 114 Å². The van der Waals surface area contributed by atoms with Gasteiger partial charge in [-0.15, -0.1) is 0 Å². The van der Waals surface area contributed by atoms with E-state index in [0.29, 0.717) is 0 Å². The van der Waals surface area contributed by atoms with Crippen LogP contribution < -0.4 is 15.2 Å². The first kappa shape index (κ1) is 21.9. The molecule has 0 spiro atoms. The van der Waals surface area contributed by atoms with E-state index in [9.17, 15) is 9.00 Å². The quantitative estimate of drug-likeness (QED) is 0.357. The van der Waals surface area contributed by atoms with Crippen molar-refractivity contribution in [2.75, 3.05) is 0 Å². The van der Waals surface area contributed by atoms with Crippen LogP contribution in [0.4, 0.5) is 0 Å². The normalized spacial score (nSPS) is 16.9. The summed E-state index contributed by atoms with van der Waals surface area (Å²) in [7, 11) is -3.70. The molecule has 1 aliphatic heterocycles. The van der Waals surface area contributed by atoms with Gasteiger partial charge in [-0.25, -0.2) is 18.4 Å². The summed E-state index contributed by atoms with van der Waals surface area (Å²) in [5, 5.41) is 4.19. The van der Waals surface area contributed by atoms with Gasteiger partial charge in [0.2, 0.25) is 5.88 Å². The van der Waals surface area contributed by atoms with Gasteiger partial charge >= 0.3 is 0 Å².